The third-order valence-electron chi connectivity index (χ3n) is 4.99. The lowest BCUT2D eigenvalue weighted by Crippen LogP contribution is -2.21. The first-order valence-corrected chi connectivity index (χ1v) is 9.18. The van der Waals surface area contributed by atoms with E-state index in [2.05, 4.69) is 30.4 Å². The molecule has 0 saturated heterocycles. The second kappa shape index (κ2) is 8.61. The number of carbonyl (C=O) groups excluding carboxylic acids is 1. The van der Waals surface area contributed by atoms with Gasteiger partial charge in [0.25, 0.3) is 0 Å². The summed E-state index contributed by atoms with van der Waals surface area (Å²) in [5.74, 6) is 0.247. The van der Waals surface area contributed by atoms with E-state index in [1.54, 1.807) is 0 Å². The number of nitrogens with two attached hydrogens (primary N) is 1. The minimum Gasteiger partial charge on any atom is -0.396 e. The van der Waals surface area contributed by atoms with Crippen molar-refractivity contribution >= 4 is 12.0 Å². The van der Waals surface area contributed by atoms with Crippen molar-refractivity contribution in [2.45, 2.75) is 45.1 Å². The van der Waals surface area contributed by atoms with Crippen LogP contribution in [0, 0.1) is 5.92 Å². The number of allylic oxidation sites excluding steroid dienone is 6. The van der Waals surface area contributed by atoms with Gasteiger partial charge in [0.1, 0.15) is 0 Å². The Labute approximate surface area is 150 Å². The van der Waals surface area contributed by atoms with Crippen LogP contribution in [0.15, 0.2) is 70.4 Å². The SMILES string of the molecule is N/C(C=O)=C1/CCCCC(C2=CCCC=C2)C1=NCc1ccccc1. The normalized spacial score (nSPS) is 24.6. The molecule has 0 aromatic heterocycles. The number of rotatable bonds is 4. The molecule has 1 unspecified atom stereocenters. The Kier molecular flexibility index (Phi) is 5.99. The molecule has 0 radical (unpaired) electrons. The van der Waals surface area contributed by atoms with Gasteiger partial charge in [0.05, 0.1) is 12.2 Å². The first-order valence-electron chi connectivity index (χ1n) is 9.18. The van der Waals surface area contributed by atoms with E-state index < -0.39 is 0 Å². The Morgan fingerprint density at radius 2 is 2.04 bits per heavy atom. The Morgan fingerprint density at radius 3 is 2.76 bits per heavy atom. The Balaban J connectivity index is 2.00. The smallest absolute Gasteiger partial charge is 0.166 e. The second-order valence-corrected chi connectivity index (χ2v) is 6.72. The number of aliphatic imine (C=N–C) groups is 1. The van der Waals surface area contributed by atoms with Gasteiger partial charge in [-0.25, -0.2) is 0 Å². The van der Waals surface area contributed by atoms with Crippen LogP contribution in [0.25, 0.3) is 0 Å². The van der Waals surface area contributed by atoms with Crippen LogP contribution in [0.1, 0.15) is 44.1 Å². The van der Waals surface area contributed by atoms with E-state index in [0.29, 0.717) is 12.2 Å². The zero-order valence-corrected chi connectivity index (χ0v) is 14.7. The van der Waals surface area contributed by atoms with Crippen LogP contribution < -0.4 is 5.73 Å². The summed E-state index contributed by atoms with van der Waals surface area (Å²) in [6.07, 6.45) is 13.8. The minimum absolute atomic E-state index is 0.247. The number of benzene rings is 1. The summed E-state index contributed by atoms with van der Waals surface area (Å²) < 4.78 is 0. The third-order valence-corrected chi connectivity index (χ3v) is 4.99. The maximum atomic E-state index is 11.4. The molecule has 0 heterocycles. The maximum Gasteiger partial charge on any atom is 0.166 e. The molecule has 130 valence electrons. The van der Waals surface area contributed by atoms with Crippen molar-refractivity contribution in [1.29, 1.82) is 0 Å². The topological polar surface area (TPSA) is 55.5 Å². The van der Waals surface area contributed by atoms with Crippen molar-refractivity contribution in [3.05, 3.63) is 71.0 Å². The van der Waals surface area contributed by atoms with E-state index in [4.69, 9.17) is 10.7 Å². The highest BCUT2D eigenvalue weighted by Gasteiger charge is 2.27. The Bertz CT molecular complexity index is 726. The van der Waals surface area contributed by atoms with E-state index in [1.807, 2.05) is 18.2 Å². The van der Waals surface area contributed by atoms with Crippen molar-refractivity contribution in [2.24, 2.45) is 16.6 Å². The molecular weight excluding hydrogens is 308 g/mol. The molecule has 1 atom stereocenters. The van der Waals surface area contributed by atoms with E-state index in [1.165, 1.54) is 11.1 Å². The van der Waals surface area contributed by atoms with Crippen LogP contribution in [0.2, 0.25) is 0 Å². The number of hydrogen-bond donors (Lipinski definition) is 1. The quantitative estimate of drug-likeness (QED) is 0.500. The largest absolute Gasteiger partial charge is 0.396 e. The molecule has 1 aromatic carbocycles. The van der Waals surface area contributed by atoms with Crippen molar-refractivity contribution in [1.82, 2.24) is 0 Å². The average Bonchev–Trinajstić information content (AvgIpc) is 2.89. The van der Waals surface area contributed by atoms with Gasteiger partial charge in [-0.15, -0.1) is 0 Å². The number of aldehydes is 1. The zero-order chi connectivity index (χ0) is 17.5. The van der Waals surface area contributed by atoms with Gasteiger partial charge in [-0.05, 0) is 43.2 Å². The molecule has 3 rings (SSSR count). The lowest BCUT2D eigenvalue weighted by atomic mass is 9.84. The van der Waals surface area contributed by atoms with Gasteiger partial charge in [0, 0.05) is 17.2 Å². The van der Waals surface area contributed by atoms with E-state index >= 15 is 0 Å². The van der Waals surface area contributed by atoms with Gasteiger partial charge < -0.3 is 5.73 Å². The maximum absolute atomic E-state index is 11.4. The van der Waals surface area contributed by atoms with Gasteiger partial charge >= 0.3 is 0 Å². The van der Waals surface area contributed by atoms with Crippen molar-refractivity contribution in [2.75, 3.05) is 0 Å². The summed E-state index contributed by atoms with van der Waals surface area (Å²) in [6.45, 7) is 0.624. The van der Waals surface area contributed by atoms with E-state index in [0.717, 1.165) is 56.1 Å². The number of carbonyl (C=O) groups is 1. The Morgan fingerprint density at radius 1 is 1.20 bits per heavy atom. The molecular formula is C22H26N2O. The van der Waals surface area contributed by atoms with E-state index in [-0.39, 0.29) is 5.92 Å². The standard InChI is InChI=1S/C22H26N2O/c23-21(16-25)20-14-8-7-13-19(18-11-5-2-6-12-18)22(20)24-15-17-9-3-1-4-10-17/h1,3-5,9-12,16,19H,2,6-8,13-15,23H2/b21-20-,24-22?. The fraction of sp³-hybridized carbons (Fsp3) is 0.364. The van der Waals surface area contributed by atoms with Crippen molar-refractivity contribution in [3.8, 4) is 0 Å². The summed E-state index contributed by atoms with van der Waals surface area (Å²) >= 11 is 0. The van der Waals surface area contributed by atoms with E-state index in [9.17, 15) is 4.79 Å². The predicted molar refractivity (Wildman–Crippen MR) is 103 cm³/mol. The minimum atomic E-state index is 0.247. The highest BCUT2D eigenvalue weighted by molar-refractivity contribution is 6.07. The number of nitrogens with zero attached hydrogens (tertiary/aromatic N) is 1. The number of hydrogen-bond acceptors (Lipinski definition) is 3. The summed E-state index contributed by atoms with van der Waals surface area (Å²) in [7, 11) is 0. The highest BCUT2D eigenvalue weighted by Crippen LogP contribution is 2.33. The monoisotopic (exact) mass is 334 g/mol. The average molecular weight is 334 g/mol. The van der Waals surface area contributed by atoms with Crippen molar-refractivity contribution in [3.63, 3.8) is 0 Å². The van der Waals surface area contributed by atoms with Gasteiger partial charge in [0.15, 0.2) is 6.29 Å². The first-order chi connectivity index (χ1) is 12.3. The lowest BCUT2D eigenvalue weighted by molar-refractivity contribution is -0.105. The molecule has 1 saturated carbocycles. The van der Waals surface area contributed by atoms with Crippen LogP contribution in [0.4, 0.5) is 0 Å². The van der Waals surface area contributed by atoms with Crippen LogP contribution in [-0.2, 0) is 11.3 Å². The molecule has 0 amide bonds. The summed E-state index contributed by atoms with van der Waals surface area (Å²) in [4.78, 5) is 16.3. The van der Waals surface area contributed by atoms with Crippen LogP contribution >= 0.6 is 0 Å². The molecule has 1 fully saturated rings. The summed E-state index contributed by atoms with van der Waals surface area (Å²) in [6, 6.07) is 10.2. The molecule has 0 bridgehead atoms. The van der Waals surface area contributed by atoms with Crippen LogP contribution in [0.3, 0.4) is 0 Å². The fourth-order valence-corrected chi connectivity index (χ4v) is 3.67. The molecule has 25 heavy (non-hydrogen) atoms. The van der Waals surface area contributed by atoms with Gasteiger partial charge in [-0.3, -0.25) is 9.79 Å². The van der Waals surface area contributed by atoms with Gasteiger partial charge in [-0.2, -0.15) is 0 Å². The highest BCUT2D eigenvalue weighted by atomic mass is 16.1. The molecule has 0 spiro atoms. The molecule has 3 heteroatoms. The Hall–Kier alpha value is -2.42. The van der Waals surface area contributed by atoms with Gasteiger partial charge in [0.2, 0.25) is 0 Å². The molecule has 2 aliphatic rings. The van der Waals surface area contributed by atoms with Gasteiger partial charge in [-0.1, -0.05) is 55.0 Å². The first kappa shape index (κ1) is 17.4. The third kappa shape index (κ3) is 4.36. The fourth-order valence-electron chi connectivity index (χ4n) is 3.67. The molecule has 2 N–H and O–H groups in total. The second-order valence-electron chi connectivity index (χ2n) is 6.72. The predicted octanol–water partition coefficient (Wildman–Crippen LogP) is 4.51. The van der Waals surface area contributed by atoms with Crippen molar-refractivity contribution < 1.29 is 4.79 Å². The molecule has 2 aliphatic carbocycles. The summed E-state index contributed by atoms with van der Waals surface area (Å²) in [5, 5.41) is 0. The lowest BCUT2D eigenvalue weighted by Gasteiger charge is -2.22. The van der Waals surface area contributed by atoms with Crippen LogP contribution in [-0.4, -0.2) is 12.0 Å². The molecule has 0 aliphatic heterocycles. The molecule has 3 nitrogen and oxygen atoms in total. The van der Waals surface area contributed by atoms with Crippen LogP contribution in [0.5, 0.6) is 0 Å². The molecule has 1 aromatic rings. The summed E-state index contributed by atoms with van der Waals surface area (Å²) in [5.41, 5.74) is 10.9. The zero-order valence-electron chi connectivity index (χ0n) is 14.7.